The van der Waals surface area contributed by atoms with Crippen molar-refractivity contribution >= 4 is 5.97 Å². The minimum Gasteiger partial charge on any atom is -0.456 e. The Morgan fingerprint density at radius 2 is 2.19 bits per heavy atom. The fourth-order valence-corrected chi connectivity index (χ4v) is 2.31. The van der Waals surface area contributed by atoms with Gasteiger partial charge in [-0.1, -0.05) is 18.2 Å². The van der Waals surface area contributed by atoms with E-state index < -0.39 is 17.3 Å². The first-order valence-corrected chi connectivity index (χ1v) is 6.83. The van der Waals surface area contributed by atoms with E-state index in [-0.39, 0.29) is 12.3 Å². The maximum atomic E-state index is 13.4. The second kappa shape index (κ2) is 5.29. The Morgan fingerprint density at radius 1 is 1.43 bits per heavy atom. The van der Waals surface area contributed by atoms with Gasteiger partial charge in [0.1, 0.15) is 23.9 Å². The molecule has 5 nitrogen and oxygen atoms in total. The highest BCUT2D eigenvalue weighted by Crippen LogP contribution is 2.36. The van der Waals surface area contributed by atoms with Gasteiger partial charge in [0.15, 0.2) is 0 Å². The fourth-order valence-electron chi connectivity index (χ4n) is 2.31. The monoisotopic (exact) mass is 289 g/mol. The van der Waals surface area contributed by atoms with Gasteiger partial charge in [-0.2, -0.15) is 0 Å². The molecule has 0 atom stereocenters. The molecular formula is C15H16FN3O2. The molecule has 0 amide bonds. The molecule has 1 saturated carbocycles. The molecule has 3 N–H and O–H groups in total. The molecule has 110 valence electrons. The number of rotatable bonds is 4. The first-order valence-electron chi connectivity index (χ1n) is 6.83. The summed E-state index contributed by atoms with van der Waals surface area (Å²) in [5.74, 6) is -0.363. The molecule has 0 bridgehead atoms. The summed E-state index contributed by atoms with van der Waals surface area (Å²) in [5.41, 5.74) is 6.24. The number of aromatic amines is 1. The number of imidazole rings is 1. The Bertz CT molecular complexity index is 664. The van der Waals surface area contributed by atoms with Crippen LogP contribution in [0, 0.1) is 5.82 Å². The number of nitrogens with two attached hydrogens (primary N) is 1. The van der Waals surface area contributed by atoms with E-state index in [1.165, 1.54) is 12.3 Å². The van der Waals surface area contributed by atoms with E-state index in [0.29, 0.717) is 11.4 Å². The van der Waals surface area contributed by atoms with Crippen LogP contribution in [0.4, 0.5) is 4.39 Å². The van der Waals surface area contributed by atoms with Crippen molar-refractivity contribution in [2.45, 2.75) is 31.4 Å². The predicted molar refractivity (Wildman–Crippen MR) is 73.8 cm³/mol. The van der Waals surface area contributed by atoms with Crippen LogP contribution in [-0.2, 0) is 16.9 Å². The van der Waals surface area contributed by atoms with Crippen molar-refractivity contribution < 1.29 is 13.9 Å². The van der Waals surface area contributed by atoms with Gasteiger partial charge in [0.05, 0.1) is 11.7 Å². The van der Waals surface area contributed by atoms with Gasteiger partial charge in [0.2, 0.25) is 0 Å². The molecule has 0 aliphatic heterocycles. The quantitative estimate of drug-likeness (QED) is 0.846. The van der Waals surface area contributed by atoms with Crippen LogP contribution in [0.25, 0.3) is 0 Å². The second-order valence-electron chi connectivity index (χ2n) is 5.32. The highest BCUT2D eigenvalue weighted by molar-refractivity contribution is 5.87. The number of H-pyrrole nitrogens is 1. The van der Waals surface area contributed by atoms with Crippen molar-refractivity contribution in [2.75, 3.05) is 0 Å². The van der Waals surface area contributed by atoms with Gasteiger partial charge in [0, 0.05) is 5.56 Å². The highest BCUT2D eigenvalue weighted by atomic mass is 19.1. The maximum Gasteiger partial charge on any atom is 0.356 e. The van der Waals surface area contributed by atoms with Crippen LogP contribution < -0.4 is 5.73 Å². The smallest absolute Gasteiger partial charge is 0.356 e. The average molecular weight is 289 g/mol. The molecule has 1 aliphatic carbocycles. The molecule has 1 heterocycles. The molecule has 1 aromatic heterocycles. The number of benzene rings is 1. The minimum atomic E-state index is -0.570. The molecule has 1 aliphatic rings. The summed E-state index contributed by atoms with van der Waals surface area (Å²) >= 11 is 0. The summed E-state index contributed by atoms with van der Waals surface area (Å²) in [7, 11) is 0. The van der Waals surface area contributed by atoms with E-state index in [0.717, 1.165) is 19.3 Å². The summed E-state index contributed by atoms with van der Waals surface area (Å²) in [6.45, 7) is -0.117. The molecule has 0 saturated heterocycles. The lowest BCUT2D eigenvalue weighted by Crippen LogP contribution is -2.44. The van der Waals surface area contributed by atoms with E-state index in [4.69, 9.17) is 10.5 Å². The topological polar surface area (TPSA) is 81.0 Å². The molecule has 21 heavy (non-hydrogen) atoms. The van der Waals surface area contributed by atoms with Crippen molar-refractivity contribution in [1.29, 1.82) is 0 Å². The number of hydrogen-bond acceptors (Lipinski definition) is 4. The van der Waals surface area contributed by atoms with E-state index in [9.17, 15) is 9.18 Å². The normalized spacial score (nSPS) is 16.3. The number of aromatic nitrogens is 2. The number of carbonyl (C=O) groups is 1. The molecule has 6 heteroatoms. The highest BCUT2D eigenvalue weighted by Gasteiger charge is 2.37. The Balaban J connectivity index is 1.65. The number of nitrogens with zero attached hydrogens (tertiary/aromatic N) is 1. The molecule has 0 radical (unpaired) electrons. The summed E-state index contributed by atoms with van der Waals surface area (Å²) < 4.78 is 18.5. The summed E-state index contributed by atoms with van der Waals surface area (Å²) in [6.07, 6.45) is 4.17. The lowest BCUT2D eigenvalue weighted by atomic mass is 9.77. The number of esters is 1. The first-order chi connectivity index (χ1) is 10.1. The van der Waals surface area contributed by atoms with Gasteiger partial charge in [-0.15, -0.1) is 0 Å². The summed E-state index contributed by atoms with van der Waals surface area (Å²) in [5, 5.41) is 0. The number of halogens is 1. The SMILES string of the molecule is NC1(c2ncc(C(=O)OCc3ccccc3F)[nH]2)CCC1. The third-order valence-electron chi connectivity index (χ3n) is 3.83. The zero-order valence-corrected chi connectivity index (χ0v) is 11.4. The number of nitrogens with one attached hydrogen (secondary N) is 1. The van der Waals surface area contributed by atoms with Crippen LogP contribution >= 0.6 is 0 Å². The summed E-state index contributed by atoms with van der Waals surface area (Å²) in [6, 6.07) is 6.17. The molecular weight excluding hydrogens is 273 g/mol. The van der Waals surface area contributed by atoms with Crippen LogP contribution in [0.2, 0.25) is 0 Å². The zero-order valence-electron chi connectivity index (χ0n) is 11.4. The Morgan fingerprint density at radius 3 is 2.86 bits per heavy atom. The molecule has 1 fully saturated rings. The van der Waals surface area contributed by atoms with Gasteiger partial charge in [0.25, 0.3) is 0 Å². The van der Waals surface area contributed by atoms with Crippen LogP contribution in [0.5, 0.6) is 0 Å². The standard InChI is InChI=1S/C15H16FN3O2/c16-11-5-2-1-4-10(11)9-21-13(20)12-8-18-14(19-12)15(17)6-3-7-15/h1-2,4-5,8H,3,6-7,9,17H2,(H,18,19). The third-order valence-corrected chi connectivity index (χ3v) is 3.83. The van der Waals surface area contributed by atoms with Crippen LogP contribution in [0.1, 0.15) is 41.1 Å². The second-order valence-corrected chi connectivity index (χ2v) is 5.32. The third kappa shape index (κ3) is 2.67. The molecule has 2 aromatic rings. The van der Waals surface area contributed by atoms with Crippen LogP contribution in [0.15, 0.2) is 30.5 Å². The number of carbonyl (C=O) groups excluding carboxylic acids is 1. The number of hydrogen-bond donors (Lipinski definition) is 2. The zero-order chi connectivity index (χ0) is 14.9. The van der Waals surface area contributed by atoms with Gasteiger partial charge in [-0.25, -0.2) is 14.2 Å². The number of ether oxygens (including phenoxy) is 1. The average Bonchev–Trinajstić information content (AvgIpc) is 2.94. The molecule has 0 spiro atoms. The van der Waals surface area contributed by atoms with Crippen molar-refractivity contribution in [3.63, 3.8) is 0 Å². The molecule has 3 rings (SSSR count). The summed E-state index contributed by atoms with van der Waals surface area (Å²) in [4.78, 5) is 19.0. The fraction of sp³-hybridized carbons (Fsp3) is 0.333. The van der Waals surface area contributed by atoms with Crippen LogP contribution in [0.3, 0.4) is 0 Å². The lowest BCUT2D eigenvalue weighted by molar-refractivity contribution is 0.0462. The van der Waals surface area contributed by atoms with Gasteiger partial charge in [-0.05, 0) is 25.3 Å². The van der Waals surface area contributed by atoms with Gasteiger partial charge < -0.3 is 15.5 Å². The van der Waals surface area contributed by atoms with Crippen molar-refractivity contribution in [2.24, 2.45) is 5.73 Å². The van der Waals surface area contributed by atoms with Gasteiger partial charge >= 0.3 is 5.97 Å². The Kier molecular flexibility index (Phi) is 3.47. The Hall–Kier alpha value is -2.21. The lowest BCUT2D eigenvalue weighted by Gasteiger charge is -2.35. The molecule has 0 unspecified atom stereocenters. The first kappa shape index (κ1) is 13.8. The predicted octanol–water partition coefficient (Wildman–Crippen LogP) is 2.24. The van der Waals surface area contributed by atoms with Crippen molar-refractivity contribution in [3.05, 3.63) is 53.4 Å². The van der Waals surface area contributed by atoms with E-state index in [1.54, 1.807) is 18.2 Å². The molecule has 1 aromatic carbocycles. The van der Waals surface area contributed by atoms with Gasteiger partial charge in [-0.3, -0.25) is 0 Å². The largest absolute Gasteiger partial charge is 0.456 e. The minimum absolute atomic E-state index is 0.117. The Labute approximate surface area is 121 Å². The van der Waals surface area contributed by atoms with Crippen LogP contribution in [-0.4, -0.2) is 15.9 Å². The van der Waals surface area contributed by atoms with E-state index in [1.807, 2.05) is 0 Å². The van der Waals surface area contributed by atoms with E-state index in [2.05, 4.69) is 9.97 Å². The van der Waals surface area contributed by atoms with Crippen molar-refractivity contribution in [3.8, 4) is 0 Å². The maximum absolute atomic E-state index is 13.4. The van der Waals surface area contributed by atoms with Crippen molar-refractivity contribution in [1.82, 2.24) is 9.97 Å². The van der Waals surface area contributed by atoms with E-state index >= 15 is 0 Å².